The minimum absolute atomic E-state index is 0.0135. The molecule has 0 bridgehead atoms. The quantitative estimate of drug-likeness (QED) is 0.849. The Balaban J connectivity index is 1.57. The molecule has 1 fully saturated rings. The molecule has 0 aromatic heterocycles. The molecule has 0 unspecified atom stereocenters. The van der Waals surface area contributed by atoms with Gasteiger partial charge >= 0.3 is 0 Å². The van der Waals surface area contributed by atoms with Crippen molar-refractivity contribution in [3.8, 4) is 5.75 Å². The number of nitrogens with zero attached hydrogens (tertiary/aromatic N) is 1. The van der Waals surface area contributed by atoms with Crippen molar-refractivity contribution in [1.82, 2.24) is 10.2 Å². The van der Waals surface area contributed by atoms with E-state index in [2.05, 4.69) is 5.32 Å². The summed E-state index contributed by atoms with van der Waals surface area (Å²) in [6.07, 6.45) is 2.02. The number of likely N-dealkylation sites (tertiary alicyclic amines) is 1. The van der Waals surface area contributed by atoms with E-state index in [0.717, 1.165) is 24.2 Å². The third-order valence-corrected chi connectivity index (χ3v) is 4.79. The number of hydrogen-bond acceptors (Lipinski definition) is 3. The Morgan fingerprint density at radius 2 is 2.04 bits per heavy atom. The van der Waals surface area contributed by atoms with Gasteiger partial charge < -0.3 is 15.0 Å². The topological polar surface area (TPSA) is 58.6 Å². The van der Waals surface area contributed by atoms with Crippen LogP contribution in [0.15, 0.2) is 48.5 Å². The fourth-order valence-electron chi connectivity index (χ4n) is 3.43. The number of ether oxygens (including phenoxy) is 1. The van der Waals surface area contributed by atoms with Gasteiger partial charge in [-0.25, -0.2) is 4.39 Å². The molecule has 27 heavy (non-hydrogen) atoms. The van der Waals surface area contributed by atoms with E-state index in [9.17, 15) is 14.0 Å². The summed E-state index contributed by atoms with van der Waals surface area (Å²) in [6.45, 7) is 0.870. The number of amides is 2. The molecule has 1 atom stereocenters. The highest BCUT2D eigenvalue weighted by atomic mass is 19.1. The first-order chi connectivity index (χ1) is 13.1. The molecule has 1 aliphatic heterocycles. The zero-order valence-corrected chi connectivity index (χ0v) is 15.3. The van der Waals surface area contributed by atoms with E-state index < -0.39 is 11.7 Å². The molecule has 142 valence electrons. The summed E-state index contributed by atoms with van der Waals surface area (Å²) in [5.41, 5.74) is 1.04. The first-order valence-electron chi connectivity index (χ1n) is 9.06. The zero-order chi connectivity index (χ0) is 19.2. The maximum Gasteiger partial charge on any atom is 0.254 e. The summed E-state index contributed by atoms with van der Waals surface area (Å²) in [4.78, 5) is 26.5. The van der Waals surface area contributed by atoms with E-state index >= 15 is 0 Å². The van der Waals surface area contributed by atoms with Gasteiger partial charge in [0.25, 0.3) is 5.91 Å². The molecule has 6 heteroatoms. The van der Waals surface area contributed by atoms with Crippen LogP contribution >= 0.6 is 0 Å². The van der Waals surface area contributed by atoms with Crippen molar-refractivity contribution in [1.29, 1.82) is 0 Å². The molecular weight excluding hydrogens is 347 g/mol. The standard InChI is InChI=1S/C21H23FN2O3/c1-27-16-7-4-6-15(14-16)19-10-5-13-24(19)20(25)11-12-23-21(26)17-8-2-3-9-18(17)22/h2-4,6-9,14,19H,5,10-13H2,1H3,(H,23,26)/t19-/m0/s1. The van der Waals surface area contributed by atoms with Gasteiger partial charge in [0, 0.05) is 19.5 Å². The Labute approximate surface area is 158 Å². The third-order valence-electron chi connectivity index (χ3n) is 4.79. The lowest BCUT2D eigenvalue weighted by Crippen LogP contribution is -2.34. The fraction of sp³-hybridized carbons (Fsp3) is 0.333. The van der Waals surface area contributed by atoms with Crippen molar-refractivity contribution in [2.75, 3.05) is 20.2 Å². The summed E-state index contributed by atoms with van der Waals surface area (Å²) in [5.74, 6) is -0.330. The lowest BCUT2D eigenvalue weighted by molar-refractivity contribution is -0.132. The summed E-state index contributed by atoms with van der Waals surface area (Å²) in [6, 6.07) is 13.6. The Morgan fingerprint density at radius 1 is 1.22 bits per heavy atom. The Morgan fingerprint density at radius 3 is 2.81 bits per heavy atom. The molecule has 1 aliphatic rings. The van der Waals surface area contributed by atoms with Crippen LogP contribution in [0.1, 0.15) is 41.2 Å². The molecule has 2 aromatic rings. The van der Waals surface area contributed by atoms with Gasteiger partial charge in [-0.3, -0.25) is 9.59 Å². The minimum Gasteiger partial charge on any atom is -0.497 e. The lowest BCUT2D eigenvalue weighted by Gasteiger charge is -2.25. The average molecular weight is 370 g/mol. The third kappa shape index (κ3) is 4.45. The van der Waals surface area contributed by atoms with Crippen LogP contribution in [0.25, 0.3) is 0 Å². The highest BCUT2D eigenvalue weighted by Crippen LogP contribution is 2.33. The van der Waals surface area contributed by atoms with Crippen LogP contribution in [0.3, 0.4) is 0 Å². The van der Waals surface area contributed by atoms with Gasteiger partial charge in [0.1, 0.15) is 11.6 Å². The van der Waals surface area contributed by atoms with E-state index in [1.165, 1.54) is 18.2 Å². The molecule has 2 aromatic carbocycles. The van der Waals surface area contributed by atoms with Gasteiger partial charge in [0.05, 0.1) is 18.7 Å². The lowest BCUT2D eigenvalue weighted by atomic mass is 10.0. The van der Waals surface area contributed by atoms with Crippen LogP contribution < -0.4 is 10.1 Å². The molecule has 5 nitrogen and oxygen atoms in total. The normalized spacial score (nSPS) is 16.2. The zero-order valence-electron chi connectivity index (χ0n) is 15.3. The van der Waals surface area contributed by atoms with Crippen LogP contribution in [0.4, 0.5) is 4.39 Å². The number of carbonyl (C=O) groups excluding carboxylic acids is 2. The highest BCUT2D eigenvalue weighted by Gasteiger charge is 2.29. The average Bonchev–Trinajstić information content (AvgIpc) is 3.18. The van der Waals surface area contributed by atoms with Gasteiger partial charge in [0.15, 0.2) is 0 Å². The number of benzene rings is 2. The van der Waals surface area contributed by atoms with Crippen molar-refractivity contribution in [3.05, 3.63) is 65.5 Å². The van der Waals surface area contributed by atoms with Gasteiger partial charge in [0.2, 0.25) is 5.91 Å². The van der Waals surface area contributed by atoms with Crippen LogP contribution in [0, 0.1) is 5.82 Å². The first kappa shape index (κ1) is 18.9. The monoisotopic (exact) mass is 370 g/mol. The molecule has 2 amide bonds. The summed E-state index contributed by atoms with van der Waals surface area (Å²) in [5, 5.41) is 2.62. The molecule has 0 aliphatic carbocycles. The molecule has 3 rings (SSSR count). The smallest absolute Gasteiger partial charge is 0.254 e. The SMILES string of the molecule is COc1cccc([C@@H]2CCCN2C(=O)CCNC(=O)c2ccccc2F)c1. The number of rotatable bonds is 6. The van der Waals surface area contributed by atoms with Crippen molar-refractivity contribution in [2.45, 2.75) is 25.3 Å². The number of carbonyl (C=O) groups is 2. The molecule has 0 saturated carbocycles. The molecule has 1 heterocycles. The Bertz CT molecular complexity index is 825. The fourth-order valence-corrected chi connectivity index (χ4v) is 3.43. The van der Waals surface area contributed by atoms with Crippen molar-refractivity contribution >= 4 is 11.8 Å². The van der Waals surface area contributed by atoms with Gasteiger partial charge in [-0.05, 0) is 42.7 Å². The second-order valence-corrected chi connectivity index (χ2v) is 6.51. The van der Waals surface area contributed by atoms with Crippen LogP contribution in [0.2, 0.25) is 0 Å². The molecular formula is C21H23FN2O3. The van der Waals surface area contributed by atoms with E-state index in [4.69, 9.17) is 4.74 Å². The first-order valence-corrected chi connectivity index (χ1v) is 9.06. The maximum absolute atomic E-state index is 13.6. The Hall–Kier alpha value is -2.89. The number of halogens is 1. The van der Waals surface area contributed by atoms with Crippen molar-refractivity contribution in [2.24, 2.45) is 0 Å². The molecule has 1 N–H and O–H groups in total. The van der Waals surface area contributed by atoms with Crippen LogP contribution in [-0.4, -0.2) is 36.9 Å². The van der Waals surface area contributed by atoms with Crippen molar-refractivity contribution < 1.29 is 18.7 Å². The molecule has 1 saturated heterocycles. The second-order valence-electron chi connectivity index (χ2n) is 6.51. The molecule has 0 radical (unpaired) electrons. The van der Waals surface area contributed by atoms with E-state index in [-0.39, 0.29) is 30.5 Å². The Kier molecular flexibility index (Phi) is 6.06. The largest absolute Gasteiger partial charge is 0.497 e. The van der Waals surface area contributed by atoms with E-state index in [1.807, 2.05) is 29.2 Å². The van der Waals surface area contributed by atoms with E-state index in [0.29, 0.717) is 6.54 Å². The summed E-state index contributed by atoms with van der Waals surface area (Å²) in [7, 11) is 1.62. The second kappa shape index (κ2) is 8.66. The van der Waals surface area contributed by atoms with Crippen LogP contribution in [0.5, 0.6) is 5.75 Å². The number of hydrogen-bond donors (Lipinski definition) is 1. The predicted octanol–water partition coefficient (Wildman–Crippen LogP) is 3.32. The maximum atomic E-state index is 13.6. The van der Waals surface area contributed by atoms with Crippen molar-refractivity contribution in [3.63, 3.8) is 0 Å². The van der Waals surface area contributed by atoms with Gasteiger partial charge in [-0.2, -0.15) is 0 Å². The number of nitrogens with one attached hydrogen (secondary N) is 1. The highest BCUT2D eigenvalue weighted by molar-refractivity contribution is 5.94. The van der Waals surface area contributed by atoms with Gasteiger partial charge in [-0.15, -0.1) is 0 Å². The minimum atomic E-state index is -0.570. The molecule has 0 spiro atoms. The van der Waals surface area contributed by atoms with Gasteiger partial charge in [-0.1, -0.05) is 24.3 Å². The summed E-state index contributed by atoms with van der Waals surface area (Å²) < 4.78 is 18.9. The van der Waals surface area contributed by atoms with E-state index in [1.54, 1.807) is 13.2 Å². The van der Waals surface area contributed by atoms with Crippen LogP contribution in [-0.2, 0) is 4.79 Å². The number of methoxy groups -OCH3 is 1. The predicted molar refractivity (Wildman–Crippen MR) is 100 cm³/mol. The summed E-state index contributed by atoms with van der Waals surface area (Å²) >= 11 is 0.